The van der Waals surface area contributed by atoms with Gasteiger partial charge in [-0.25, -0.2) is 4.98 Å². The summed E-state index contributed by atoms with van der Waals surface area (Å²) in [6.07, 6.45) is 1.80. The Morgan fingerprint density at radius 3 is 2.56 bits per heavy atom. The summed E-state index contributed by atoms with van der Waals surface area (Å²) in [6, 6.07) is 9.37. The van der Waals surface area contributed by atoms with Crippen LogP contribution >= 0.6 is 0 Å². The lowest BCUT2D eigenvalue weighted by Gasteiger charge is -2.26. The van der Waals surface area contributed by atoms with Gasteiger partial charge in [-0.2, -0.15) is 0 Å². The highest BCUT2D eigenvalue weighted by molar-refractivity contribution is 5.96. The van der Waals surface area contributed by atoms with Gasteiger partial charge in [0.25, 0.3) is 5.91 Å². The molecule has 0 unspecified atom stereocenters. The minimum atomic E-state index is -0.564. The fourth-order valence-electron chi connectivity index (χ4n) is 3.37. The summed E-state index contributed by atoms with van der Waals surface area (Å²) in [5, 5.41) is 2.87. The van der Waals surface area contributed by atoms with Gasteiger partial charge < -0.3 is 19.6 Å². The monoisotopic (exact) mass is 368 g/mol. The summed E-state index contributed by atoms with van der Waals surface area (Å²) in [5.41, 5.74) is 1.96. The van der Waals surface area contributed by atoms with Gasteiger partial charge in [0.15, 0.2) is 5.69 Å². The van der Waals surface area contributed by atoms with Crippen molar-refractivity contribution < 1.29 is 9.59 Å². The third kappa shape index (κ3) is 4.11. The highest BCUT2D eigenvalue weighted by atomic mass is 16.2. The lowest BCUT2D eigenvalue weighted by molar-refractivity contribution is -0.111. The molecule has 0 aliphatic carbocycles. The van der Waals surface area contributed by atoms with Crippen LogP contribution in [-0.4, -0.2) is 46.3 Å². The predicted molar refractivity (Wildman–Crippen MR) is 105 cm³/mol. The Balaban J connectivity index is 2.03. The smallest absolute Gasteiger partial charge is 0.272 e. The van der Waals surface area contributed by atoms with Crippen molar-refractivity contribution in [2.45, 2.75) is 46.3 Å². The van der Waals surface area contributed by atoms with Crippen molar-refractivity contribution in [1.82, 2.24) is 19.8 Å². The molecule has 0 fully saturated rings. The van der Waals surface area contributed by atoms with E-state index in [9.17, 15) is 9.59 Å². The Labute approximate surface area is 160 Å². The van der Waals surface area contributed by atoms with Gasteiger partial charge in [0.1, 0.15) is 12.1 Å². The Morgan fingerprint density at radius 2 is 1.93 bits per heavy atom. The number of amides is 1. The zero-order valence-corrected chi connectivity index (χ0v) is 16.5. The molecule has 1 amide bonds. The number of imidazole rings is 1. The number of rotatable bonds is 4. The van der Waals surface area contributed by atoms with E-state index in [-0.39, 0.29) is 11.3 Å². The molecule has 2 heterocycles. The third-order valence-corrected chi connectivity index (χ3v) is 5.02. The molecule has 6 heteroatoms. The van der Waals surface area contributed by atoms with Crippen molar-refractivity contribution in [3.05, 3.63) is 41.7 Å². The number of aldehydes is 1. The summed E-state index contributed by atoms with van der Waals surface area (Å²) in [7, 11) is 2.05. The molecule has 1 aliphatic heterocycles. The van der Waals surface area contributed by atoms with Crippen LogP contribution < -0.4 is 5.32 Å². The maximum Gasteiger partial charge on any atom is 0.272 e. The van der Waals surface area contributed by atoms with Crippen molar-refractivity contribution in [1.29, 1.82) is 0 Å². The van der Waals surface area contributed by atoms with Crippen LogP contribution in [0.25, 0.3) is 11.4 Å². The predicted octanol–water partition coefficient (Wildman–Crippen LogP) is 2.73. The summed E-state index contributed by atoms with van der Waals surface area (Å²) in [5.74, 6) is 0.521. The van der Waals surface area contributed by atoms with Crippen molar-refractivity contribution in [3.63, 3.8) is 0 Å². The van der Waals surface area contributed by atoms with E-state index >= 15 is 0 Å². The number of hydrogen-bond acceptors (Lipinski definition) is 4. The highest BCUT2D eigenvalue weighted by Gasteiger charge is 2.30. The van der Waals surface area contributed by atoms with Crippen LogP contribution in [0.2, 0.25) is 0 Å². The zero-order valence-electron chi connectivity index (χ0n) is 16.5. The molecular formula is C21H28N4O2. The second-order valence-electron chi connectivity index (χ2n) is 8.29. The summed E-state index contributed by atoms with van der Waals surface area (Å²) in [4.78, 5) is 31.4. The molecule has 27 heavy (non-hydrogen) atoms. The van der Waals surface area contributed by atoms with Crippen LogP contribution in [-0.2, 0) is 17.9 Å². The first-order chi connectivity index (χ1) is 12.8. The molecule has 144 valence electrons. The van der Waals surface area contributed by atoms with Crippen molar-refractivity contribution in [3.8, 4) is 11.4 Å². The minimum absolute atomic E-state index is 0.289. The number of carbonyl (C=O) groups excluding carboxylic acids is 2. The van der Waals surface area contributed by atoms with E-state index < -0.39 is 6.04 Å². The van der Waals surface area contributed by atoms with Gasteiger partial charge in [-0.3, -0.25) is 4.79 Å². The number of benzene rings is 1. The topological polar surface area (TPSA) is 67.2 Å². The zero-order chi connectivity index (χ0) is 19.6. The van der Waals surface area contributed by atoms with E-state index in [1.807, 2.05) is 51.1 Å². The molecule has 6 nitrogen and oxygen atoms in total. The maximum atomic E-state index is 13.0. The van der Waals surface area contributed by atoms with E-state index in [2.05, 4.69) is 21.8 Å². The first kappa shape index (κ1) is 19.3. The molecule has 0 spiro atoms. The van der Waals surface area contributed by atoms with Crippen LogP contribution in [0.4, 0.5) is 0 Å². The summed E-state index contributed by atoms with van der Waals surface area (Å²) in [6.45, 7) is 8.25. The second-order valence-corrected chi connectivity index (χ2v) is 8.29. The van der Waals surface area contributed by atoms with Gasteiger partial charge in [-0.1, -0.05) is 51.1 Å². The Bertz CT molecular complexity index is 821. The van der Waals surface area contributed by atoms with E-state index in [0.717, 1.165) is 42.9 Å². The standard InChI is InChI=1S/C21H28N4O2/c1-21(2,3)17(14-26)22-20(27)18-16-13-24(4)11-8-12-25(16)19(23-18)15-9-6-5-7-10-15/h5-7,9-10,14,17H,8,11-13H2,1-4H3,(H,22,27)/t17-/m1/s1. The molecular weight excluding hydrogens is 340 g/mol. The average molecular weight is 368 g/mol. The molecule has 1 atom stereocenters. The third-order valence-electron chi connectivity index (χ3n) is 5.02. The van der Waals surface area contributed by atoms with Gasteiger partial charge in [-0.15, -0.1) is 0 Å². The number of nitrogens with one attached hydrogen (secondary N) is 1. The Hall–Kier alpha value is -2.47. The number of fused-ring (bicyclic) bond motifs is 1. The second kappa shape index (κ2) is 7.64. The molecule has 1 aromatic heterocycles. The molecule has 0 radical (unpaired) electrons. The number of nitrogens with zero attached hydrogens (tertiary/aromatic N) is 3. The molecule has 3 rings (SSSR count). The fourth-order valence-corrected chi connectivity index (χ4v) is 3.37. The van der Waals surface area contributed by atoms with Crippen LogP contribution in [0.1, 0.15) is 43.4 Å². The molecule has 0 saturated heterocycles. The quantitative estimate of drug-likeness (QED) is 0.843. The summed E-state index contributed by atoms with van der Waals surface area (Å²) < 4.78 is 2.15. The summed E-state index contributed by atoms with van der Waals surface area (Å²) >= 11 is 0. The lowest BCUT2D eigenvalue weighted by Crippen LogP contribution is -2.45. The molecule has 1 aliphatic rings. The van der Waals surface area contributed by atoms with E-state index in [4.69, 9.17) is 4.98 Å². The Kier molecular flexibility index (Phi) is 5.46. The molecule has 0 saturated carbocycles. The minimum Gasteiger partial charge on any atom is -0.341 e. The van der Waals surface area contributed by atoms with Gasteiger partial charge in [0.2, 0.25) is 0 Å². The van der Waals surface area contributed by atoms with E-state index in [0.29, 0.717) is 12.2 Å². The van der Waals surface area contributed by atoms with Crippen LogP contribution in [0.3, 0.4) is 0 Å². The lowest BCUT2D eigenvalue weighted by atomic mass is 9.87. The van der Waals surface area contributed by atoms with Gasteiger partial charge >= 0.3 is 0 Å². The average Bonchev–Trinajstić information content (AvgIpc) is 2.86. The van der Waals surface area contributed by atoms with Crippen molar-refractivity contribution >= 4 is 12.2 Å². The highest BCUT2D eigenvalue weighted by Crippen LogP contribution is 2.26. The first-order valence-corrected chi connectivity index (χ1v) is 9.41. The van der Waals surface area contributed by atoms with Gasteiger partial charge in [-0.05, 0) is 25.4 Å². The number of hydrogen-bond donors (Lipinski definition) is 1. The van der Waals surface area contributed by atoms with Crippen molar-refractivity contribution in [2.24, 2.45) is 5.41 Å². The van der Waals surface area contributed by atoms with Crippen LogP contribution in [0.15, 0.2) is 30.3 Å². The SMILES string of the molecule is CN1CCCn2c(-c3ccccc3)nc(C(=O)N[C@H](C=O)C(C)(C)C)c2C1. The normalized spacial score (nSPS) is 16.3. The molecule has 1 N–H and O–H groups in total. The van der Waals surface area contributed by atoms with Gasteiger partial charge in [0.05, 0.1) is 11.7 Å². The van der Waals surface area contributed by atoms with Gasteiger partial charge in [0, 0.05) is 18.7 Å². The van der Waals surface area contributed by atoms with Crippen molar-refractivity contribution in [2.75, 3.05) is 13.6 Å². The number of aromatic nitrogens is 2. The Morgan fingerprint density at radius 1 is 1.22 bits per heavy atom. The van der Waals surface area contributed by atoms with E-state index in [1.54, 1.807) is 0 Å². The van der Waals surface area contributed by atoms with Crippen LogP contribution in [0.5, 0.6) is 0 Å². The number of carbonyl (C=O) groups is 2. The molecule has 0 bridgehead atoms. The van der Waals surface area contributed by atoms with Crippen LogP contribution in [0, 0.1) is 5.41 Å². The van der Waals surface area contributed by atoms with E-state index in [1.165, 1.54) is 0 Å². The molecule has 2 aromatic rings. The maximum absolute atomic E-state index is 13.0. The first-order valence-electron chi connectivity index (χ1n) is 9.41. The largest absolute Gasteiger partial charge is 0.341 e. The molecule has 1 aromatic carbocycles. The fraction of sp³-hybridized carbons (Fsp3) is 0.476.